The van der Waals surface area contributed by atoms with E-state index in [0.717, 1.165) is 24.0 Å². The molecule has 0 atom stereocenters. The molecule has 1 heterocycles. The van der Waals surface area contributed by atoms with Crippen LogP contribution in [0.1, 0.15) is 36.8 Å². The second-order valence-electron chi connectivity index (χ2n) is 6.73. The number of hydrogen-bond donors (Lipinski definition) is 2. The highest BCUT2D eigenvalue weighted by Gasteiger charge is 2.32. The van der Waals surface area contributed by atoms with Crippen LogP contribution in [0.4, 0.5) is 0 Å². The summed E-state index contributed by atoms with van der Waals surface area (Å²) < 4.78 is 27.2. The van der Waals surface area contributed by atoms with Crippen molar-refractivity contribution in [3.05, 3.63) is 29.3 Å². The average Bonchev–Trinajstić information content (AvgIpc) is 2.58. The van der Waals surface area contributed by atoms with Gasteiger partial charge >= 0.3 is 0 Å². The monoisotopic (exact) mass is 367 g/mol. The van der Waals surface area contributed by atoms with E-state index >= 15 is 0 Å². The zero-order valence-electron chi connectivity index (χ0n) is 15.1. The molecule has 140 valence electrons. The number of aryl methyl sites for hydroxylation is 2. The third-order valence-electron chi connectivity index (χ3n) is 4.70. The van der Waals surface area contributed by atoms with Crippen molar-refractivity contribution in [2.24, 2.45) is 11.7 Å². The Hall–Kier alpha value is -1.44. The van der Waals surface area contributed by atoms with Gasteiger partial charge in [-0.3, -0.25) is 4.79 Å². The van der Waals surface area contributed by atoms with E-state index < -0.39 is 10.0 Å². The van der Waals surface area contributed by atoms with Crippen LogP contribution in [0, 0.1) is 19.8 Å². The van der Waals surface area contributed by atoms with Crippen molar-refractivity contribution in [1.29, 1.82) is 0 Å². The number of hydrogen-bond acceptors (Lipinski definition) is 4. The molecule has 1 amide bonds. The van der Waals surface area contributed by atoms with Crippen LogP contribution in [-0.4, -0.2) is 44.8 Å². The van der Waals surface area contributed by atoms with Gasteiger partial charge in [0, 0.05) is 25.6 Å². The van der Waals surface area contributed by atoms with Crippen LogP contribution in [-0.2, 0) is 14.8 Å². The highest BCUT2D eigenvalue weighted by atomic mass is 32.2. The first kappa shape index (κ1) is 19.9. The summed E-state index contributed by atoms with van der Waals surface area (Å²) in [6, 6.07) is 5.38. The maximum atomic E-state index is 12.9. The molecular weight excluding hydrogens is 338 g/mol. The van der Waals surface area contributed by atoms with Gasteiger partial charge in [-0.25, -0.2) is 8.42 Å². The summed E-state index contributed by atoms with van der Waals surface area (Å²) in [6.45, 7) is 5.80. The number of nitrogens with two attached hydrogens (primary N) is 1. The Balaban J connectivity index is 1.93. The fourth-order valence-corrected chi connectivity index (χ4v) is 4.89. The topological polar surface area (TPSA) is 92.5 Å². The number of amides is 1. The summed E-state index contributed by atoms with van der Waals surface area (Å²) >= 11 is 0. The maximum absolute atomic E-state index is 12.9. The zero-order chi connectivity index (χ0) is 18.4. The van der Waals surface area contributed by atoms with Gasteiger partial charge in [-0.1, -0.05) is 17.7 Å². The molecule has 0 bridgehead atoms. The Morgan fingerprint density at radius 3 is 2.52 bits per heavy atom. The van der Waals surface area contributed by atoms with E-state index in [-0.39, 0.29) is 11.8 Å². The molecule has 0 aromatic heterocycles. The minimum absolute atomic E-state index is 0.0283. The number of benzene rings is 1. The Morgan fingerprint density at radius 2 is 1.92 bits per heavy atom. The van der Waals surface area contributed by atoms with E-state index in [0.29, 0.717) is 43.9 Å². The lowest BCUT2D eigenvalue weighted by Gasteiger charge is -2.31. The molecule has 1 aliphatic rings. The maximum Gasteiger partial charge on any atom is 0.243 e. The molecule has 7 heteroatoms. The summed E-state index contributed by atoms with van der Waals surface area (Å²) in [5.41, 5.74) is 7.24. The molecule has 0 spiro atoms. The molecule has 1 saturated heterocycles. The first-order chi connectivity index (χ1) is 11.9. The fraction of sp³-hybridized carbons (Fsp3) is 0.611. The van der Waals surface area contributed by atoms with Crippen LogP contribution in [0.15, 0.2) is 23.1 Å². The number of nitrogens with one attached hydrogen (secondary N) is 1. The summed E-state index contributed by atoms with van der Waals surface area (Å²) in [6.07, 6.45) is 2.90. The number of sulfonamides is 1. The molecule has 6 nitrogen and oxygen atoms in total. The molecule has 2 rings (SSSR count). The van der Waals surface area contributed by atoms with Gasteiger partial charge in [-0.05, 0) is 57.7 Å². The molecular formula is C18H29N3O3S. The molecule has 1 aromatic carbocycles. The van der Waals surface area contributed by atoms with Gasteiger partial charge in [-0.2, -0.15) is 4.31 Å². The molecule has 0 unspecified atom stereocenters. The van der Waals surface area contributed by atoms with Gasteiger partial charge in [0.25, 0.3) is 0 Å². The first-order valence-electron chi connectivity index (χ1n) is 8.91. The van der Waals surface area contributed by atoms with Crippen molar-refractivity contribution in [2.75, 3.05) is 26.2 Å². The predicted octanol–water partition coefficient (Wildman–Crippen LogP) is 1.56. The van der Waals surface area contributed by atoms with Crippen LogP contribution in [0.2, 0.25) is 0 Å². The number of unbranched alkanes of at least 4 members (excludes halogenated alkanes) is 1. The van der Waals surface area contributed by atoms with Gasteiger partial charge in [0.05, 0.1) is 4.90 Å². The molecule has 25 heavy (non-hydrogen) atoms. The van der Waals surface area contributed by atoms with E-state index in [9.17, 15) is 13.2 Å². The number of carbonyl (C=O) groups excluding carboxylic acids is 1. The Morgan fingerprint density at radius 1 is 1.24 bits per heavy atom. The van der Waals surface area contributed by atoms with Gasteiger partial charge in [0.15, 0.2) is 0 Å². The molecule has 0 saturated carbocycles. The summed E-state index contributed by atoms with van der Waals surface area (Å²) in [4.78, 5) is 12.5. The number of nitrogens with zero attached hydrogens (tertiary/aromatic N) is 1. The van der Waals surface area contributed by atoms with Crippen LogP contribution >= 0.6 is 0 Å². The Labute approximate surface area is 150 Å². The fourth-order valence-electron chi connectivity index (χ4n) is 3.21. The van der Waals surface area contributed by atoms with Crippen molar-refractivity contribution < 1.29 is 13.2 Å². The molecule has 0 aliphatic carbocycles. The highest BCUT2D eigenvalue weighted by molar-refractivity contribution is 7.89. The minimum atomic E-state index is -3.50. The van der Waals surface area contributed by atoms with Crippen LogP contribution in [0.25, 0.3) is 0 Å². The van der Waals surface area contributed by atoms with Gasteiger partial charge < -0.3 is 11.1 Å². The van der Waals surface area contributed by atoms with Crippen molar-refractivity contribution in [3.63, 3.8) is 0 Å². The van der Waals surface area contributed by atoms with Crippen LogP contribution in [0.3, 0.4) is 0 Å². The van der Waals surface area contributed by atoms with Crippen LogP contribution < -0.4 is 11.1 Å². The van der Waals surface area contributed by atoms with Crippen molar-refractivity contribution in [3.8, 4) is 0 Å². The molecule has 0 radical (unpaired) electrons. The SMILES string of the molecule is Cc1ccc(S(=O)(=O)N2CCC(C(=O)NCCCCN)CC2)c(C)c1. The average molecular weight is 368 g/mol. The van der Waals surface area contributed by atoms with Crippen molar-refractivity contribution >= 4 is 15.9 Å². The van der Waals surface area contributed by atoms with E-state index in [1.165, 1.54) is 4.31 Å². The summed E-state index contributed by atoms with van der Waals surface area (Å²) in [5.74, 6) is -0.0796. The van der Waals surface area contributed by atoms with E-state index in [4.69, 9.17) is 5.73 Å². The van der Waals surface area contributed by atoms with Gasteiger partial charge in [0.1, 0.15) is 0 Å². The standard InChI is InChI=1S/C18H29N3O3S/c1-14-5-6-17(15(2)13-14)25(23,24)21-11-7-16(8-12-21)18(22)20-10-4-3-9-19/h5-6,13,16H,3-4,7-12,19H2,1-2H3,(H,20,22). The lowest BCUT2D eigenvalue weighted by Crippen LogP contribution is -2.43. The molecule has 1 aliphatic heterocycles. The molecule has 1 fully saturated rings. The third-order valence-corrected chi connectivity index (χ3v) is 6.76. The number of carbonyl (C=O) groups is 1. The van der Waals surface area contributed by atoms with Crippen molar-refractivity contribution in [1.82, 2.24) is 9.62 Å². The lowest BCUT2D eigenvalue weighted by molar-refractivity contribution is -0.126. The number of piperidine rings is 1. The summed E-state index contributed by atoms with van der Waals surface area (Å²) in [7, 11) is -3.50. The smallest absolute Gasteiger partial charge is 0.243 e. The second kappa shape index (κ2) is 8.78. The van der Waals surface area contributed by atoms with Crippen LogP contribution in [0.5, 0.6) is 0 Å². The highest BCUT2D eigenvalue weighted by Crippen LogP contribution is 2.26. The Kier molecular flexibility index (Phi) is 6.98. The van der Waals surface area contributed by atoms with E-state index in [1.807, 2.05) is 26.0 Å². The quantitative estimate of drug-likeness (QED) is 0.715. The minimum Gasteiger partial charge on any atom is -0.356 e. The Bertz CT molecular complexity index is 696. The number of rotatable bonds is 7. The van der Waals surface area contributed by atoms with E-state index in [2.05, 4.69) is 5.32 Å². The second-order valence-corrected chi connectivity index (χ2v) is 8.64. The van der Waals surface area contributed by atoms with Crippen molar-refractivity contribution in [2.45, 2.75) is 44.4 Å². The predicted molar refractivity (Wildman–Crippen MR) is 98.7 cm³/mol. The third kappa shape index (κ3) is 5.03. The normalized spacial score (nSPS) is 16.8. The molecule has 3 N–H and O–H groups in total. The zero-order valence-corrected chi connectivity index (χ0v) is 15.9. The van der Waals surface area contributed by atoms with Gasteiger partial charge in [0.2, 0.25) is 15.9 Å². The van der Waals surface area contributed by atoms with Gasteiger partial charge in [-0.15, -0.1) is 0 Å². The first-order valence-corrected chi connectivity index (χ1v) is 10.4. The molecule has 1 aromatic rings. The van der Waals surface area contributed by atoms with E-state index in [1.54, 1.807) is 6.07 Å². The lowest BCUT2D eigenvalue weighted by atomic mass is 9.97. The largest absolute Gasteiger partial charge is 0.356 e. The summed E-state index contributed by atoms with van der Waals surface area (Å²) in [5, 5.41) is 2.93.